The fourth-order valence-electron chi connectivity index (χ4n) is 7.71. The molecule has 0 aliphatic carbocycles. The summed E-state index contributed by atoms with van der Waals surface area (Å²) in [7, 11) is 0. The van der Waals surface area contributed by atoms with Crippen LogP contribution in [0.5, 0.6) is 0 Å². The van der Waals surface area contributed by atoms with Crippen LogP contribution in [0.2, 0.25) is 0 Å². The minimum absolute atomic E-state index is 1.23. The average molecular weight is 639 g/mol. The summed E-state index contributed by atoms with van der Waals surface area (Å²) in [6, 6.07) is 67.0. The maximum absolute atomic E-state index is 2.38. The summed E-state index contributed by atoms with van der Waals surface area (Å²) in [4.78, 5) is 0. The van der Waals surface area contributed by atoms with Crippen molar-refractivity contribution < 1.29 is 0 Å². The zero-order chi connectivity index (χ0) is 32.3. The second-order valence-corrected chi connectivity index (χ2v) is 14.0. The molecule has 0 fully saturated rings. The van der Waals surface area contributed by atoms with E-state index in [1.54, 1.807) is 0 Å². The molecule has 0 N–H and O–H groups in total. The molecule has 0 atom stereocenters. The number of benzene rings is 9. The Morgan fingerprint density at radius 1 is 0.245 bits per heavy atom. The van der Waals surface area contributed by atoms with Crippen molar-refractivity contribution in [1.82, 2.24) is 0 Å². The van der Waals surface area contributed by atoms with Crippen molar-refractivity contribution in [2.24, 2.45) is 0 Å². The molecule has 0 unspecified atom stereocenters. The molecule has 0 saturated heterocycles. The molecule has 0 spiro atoms. The van der Waals surface area contributed by atoms with Crippen molar-refractivity contribution in [3.63, 3.8) is 0 Å². The van der Waals surface area contributed by atoms with Crippen LogP contribution in [0, 0.1) is 0 Å². The van der Waals surface area contributed by atoms with Crippen LogP contribution in [0.4, 0.5) is 0 Å². The van der Waals surface area contributed by atoms with Crippen LogP contribution >= 0.6 is 11.3 Å². The topological polar surface area (TPSA) is 0 Å². The van der Waals surface area contributed by atoms with Crippen LogP contribution in [0.1, 0.15) is 0 Å². The SMILES string of the molecule is c1ccc(-c2ccc(-c3c4ccccc4c(-c4cccc(-c5ccc6c(c5)sc5cc7ccccc7cc56)c4)c4ccccc34)cc2)cc1. The van der Waals surface area contributed by atoms with E-state index >= 15 is 0 Å². The summed E-state index contributed by atoms with van der Waals surface area (Å²) in [6.45, 7) is 0. The molecule has 1 heteroatoms. The van der Waals surface area contributed by atoms with Gasteiger partial charge < -0.3 is 0 Å². The largest absolute Gasteiger partial charge is 0.135 e. The number of fused-ring (bicyclic) bond motifs is 6. The fraction of sp³-hybridized carbons (Fsp3) is 0. The highest BCUT2D eigenvalue weighted by Gasteiger charge is 2.17. The van der Waals surface area contributed by atoms with Crippen LogP contribution in [0.15, 0.2) is 182 Å². The lowest BCUT2D eigenvalue weighted by atomic mass is 9.85. The van der Waals surface area contributed by atoms with E-state index in [9.17, 15) is 0 Å². The molecule has 1 aromatic heterocycles. The van der Waals surface area contributed by atoms with E-state index in [1.165, 1.54) is 97.0 Å². The summed E-state index contributed by atoms with van der Waals surface area (Å²) < 4.78 is 2.67. The normalized spacial score (nSPS) is 11.7. The van der Waals surface area contributed by atoms with E-state index in [4.69, 9.17) is 0 Å². The molecule has 0 aliphatic rings. The first-order valence-corrected chi connectivity index (χ1v) is 17.7. The molecule has 1 heterocycles. The van der Waals surface area contributed by atoms with Gasteiger partial charge in [-0.25, -0.2) is 0 Å². The summed E-state index contributed by atoms with van der Waals surface area (Å²) in [5.74, 6) is 0. The van der Waals surface area contributed by atoms with E-state index in [-0.39, 0.29) is 0 Å². The minimum atomic E-state index is 1.23. The predicted octanol–water partition coefficient (Wildman–Crippen LogP) is 14.2. The highest BCUT2D eigenvalue weighted by atomic mass is 32.1. The molecule has 10 aromatic rings. The molecular weight excluding hydrogens is 609 g/mol. The molecule has 49 heavy (non-hydrogen) atoms. The van der Waals surface area contributed by atoms with Gasteiger partial charge in [0.15, 0.2) is 0 Å². The van der Waals surface area contributed by atoms with E-state index in [0.29, 0.717) is 0 Å². The third kappa shape index (κ3) is 4.66. The number of thiophene rings is 1. The van der Waals surface area contributed by atoms with Gasteiger partial charge in [-0.2, -0.15) is 0 Å². The van der Waals surface area contributed by atoms with Gasteiger partial charge >= 0.3 is 0 Å². The first-order valence-electron chi connectivity index (χ1n) is 16.8. The first-order chi connectivity index (χ1) is 24.3. The summed E-state index contributed by atoms with van der Waals surface area (Å²) >= 11 is 1.89. The summed E-state index contributed by atoms with van der Waals surface area (Å²) in [5.41, 5.74) is 9.98. The third-order valence-electron chi connectivity index (χ3n) is 10.0. The molecule has 0 nitrogen and oxygen atoms in total. The lowest BCUT2D eigenvalue weighted by molar-refractivity contribution is 1.61. The Balaban J connectivity index is 1.12. The molecule has 0 bridgehead atoms. The highest BCUT2D eigenvalue weighted by molar-refractivity contribution is 7.25. The van der Waals surface area contributed by atoms with Crippen molar-refractivity contribution >= 4 is 63.8 Å². The van der Waals surface area contributed by atoms with Crippen LogP contribution in [-0.4, -0.2) is 0 Å². The molecule has 0 aliphatic heterocycles. The lowest BCUT2D eigenvalue weighted by Crippen LogP contribution is -1.91. The number of hydrogen-bond acceptors (Lipinski definition) is 1. The van der Waals surface area contributed by atoms with Gasteiger partial charge in [0.1, 0.15) is 0 Å². The van der Waals surface area contributed by atoms with E-state index < -0.39 is 0 Å². The van der Waals surface area contributed by atoms with E-state index in [0.717, 1.165) is 0 Å². The van der Waals surface area contributed by atoms with Gasteiger partial charge in [-0.05, 0) is 101 Å². The van der Waals surface area contributed by atoms with Crippen LogP contribution in [0.25, 0.3) is 97.0 Å². The average Bonchev–Trinajstić information content (AvgIpc) is 3.53. The van der Waals surface area contributed by atoms with Gasteiger partial charge in [0, 0.05) is 20.2 Å². The molecule has 9 aromatic carbocycles. The maximum atomic E-state index is 2.38. The van der Waals surface area contributed by atoms with Gasteiger partial charge in [-0.1, -0.05) is 158 Å². The predicted molar refractivity (Wildman–Crippen MR) is 214 cm³/mol. The zero-order valence-corrected chi connectivity index (χ0v) is 27.5. The highest BCUT2D eigenvalue weighted by Crippen LogP contribution is 2.45. The zero-order valence-electron chi connectivity index (χ0n) is 26.7. The Morgan fingerprint density at radius 3 is 1.41 bits per heavy atom. The van der Waals surface area contributed by atoms with E-state index in [2.05, 4.69) is 182 Å². The van der Waals surface area contributed by atoms with Crippen LogP contribution < -0.4 is 0 Å². The summed E-state index contributed by atoms with van der Waals surface area (Å²) in [5, 5.41) is 10.3. The van der Waals surface area contributed by atoms with Gasteiger partial charge in [-0.3, -0.25) is 0 Å². The fourth-order valence-corrected chi connectivity index (χ4v) is 8.88. The molecule has 228 valence electrons. The maximum Gasteiger partial charge on any atom is 0.0361 e. The van der Waals surface area contributed by atoms with Gasteiger partial charge in [0.25, 0.3) is 0 Å². The molecule has 0 saturated carbocycles. The van der Waals surface area contributed by atoms with Gasteiger partial charge in [-0.15, -0.1) is 11.3 Å². The van der Waals surface area contributed by atoms with Crippen molar-refractivity contribution in [2.45, 2.75) is 0 Å². The smallest absolute Gasteiger partial charge is 0.0361 e. The number of rotatable bonds is 4. The Bertz CT molecular complexity index is 2800. The third-order valence-corrected chi connectivity index (χ3v) is 11.2. The Hall–Kier alpha value is -6.02. The quantitative estimate of drug-likeness (QED) is 0.168. The monoisotopic (exact) mass is 638 g/mol. The minimum Gasteiger partial charge on any atom is -0.135 e. The second-order valence-electron chi connectivity index (χ2n) is 12.9. The molecule has 10 rings (SSSR count). The Labute approximate surface area is 289 Å². The lowest BCUT2D eigenvalue weighted by Gasteiger charge is -2.18. The first kappa shape index (κ1) is 28.0. The van der Waals surface area contributed by atoms with Gasteiger partial charge in [0.05, 0.1) is 0 Å². The van der Waals surface area contributed by atoms with Crippen LogP contribution in [-0.2, 0) is 0 Å². The van der Waals surface area contributed by atoms with Crippen LogP contribution in [0.3, 0.4) is 0 Å². The second kappa shape index (κ2) is 11.3. The number of hydrogen-bond donors (Lipinski definition) is 0. The van der Waals surface area contributed by atoms with Crippen molar-refractivity contribution in [3.8, 4) is 44.5 Å². The van der Waals surface area contributed by atoms with Crippen molar-refractivity contribution in [1.29, 1.82) is 0 Å². The van der Waals surface area contributed by atoms with E-state index in [1.807, 2.05) is 11.3 Å². The standard InChI is InChI=1S/C48H30S/c1-2-11-31(12-3-1)32-21-23-33(24-22-32)47-40-17-6-8-19-42(40)48(43-20-9-7-18-41(43)47)38-16-10-15-34(27-38)37-25-26-39-44-28-35-13-4-5-14-36(35)29-46(44)49-45(39)30-37/h1-30H. The van der Waals surface area contributed by atoms with Gasteiger partial charge in [0.2, 0.25) is 0 Å². The molecule has 0 radical (unpaired) electrons. The van der Waals surface area contributed by atoms with Crippen molar-refractivity contribution in [3.05, 3.63) is 182 Å². The summed E-state index contributed by atoms with van der Waals surface area (Å²) in [6.07, 6.45) is 0. The molecular formula is C48H30S. The molecule has 0 amide bonds. The van der Waals surface area contributed by atoms with Crippen molar-refractivity contribution in [2.75, 3.05) is 0 Å². The Kier molecular flexibility index (Phi) is 6.47. The Morgan fingerprint density at radius 2 is 0.714 bits per heavy atom.